The summed E-state index contributed by atoms with van der Waals surface area (Å²) in [5.74, 6) is -0.0999. The van der Waals surface area contributed by atoms with Gasteiger partial charge in [0.15, 0.2) is 5.69 Å². The molecule has 33 heavy (non-hydrogen) atoms. The van der Waals surface area contributed by atoms with Crippen LogP contribution in [0.3, 0.4) is 0 Å². The molecule has 0 aliphatic carbocycles. The minimum absolute atomic E-state index is 0.0999. The number of rotatable bonds is 5. The van der Waals surface area contributed by atoms with Crippen molar-refractivity contribution in [3.05, 3.63) is 47.9 Å². The van der Waals surface area contributed by atoms with Gasteiger partial charge in [0.1, 0.15) is 0 Å². The van der Waals surface area contributed by atoms with E-state index in [9.17, 15) is 4.79 Å². The van der Waals surface area contributed by atoms with Crippen LogP contribution in [0.1, 0.15) is 55.1 Å². The second-order valence-electron chi connectivity index (χ2n) is 9.78. The van der Waals surface area contributed by atoms with E-state index >= 15 is 0 Å². The molecule has 0 radical (unpaired) electrons. The summed E-state index contributed by atoms with van der Waals surface area (Å²) in [6, 6.07) is 9.02. The van der Waals surface area contributed by atoms with Crippen molar-refractivity contribution in [1.82, 2.24) is 30.3 Å². The molecule has 1 amide bonds. The number of pyridine rings is 1. The van der Waals surface area contributed by atoms with E-state index in [1.807, 2.05) is 18.5 Å². The minimum atomic E-state index is -0.0999. The molecule has 0 spiro atoms. The van der Waals surface area contributed by atoms with Gasteiger partial charge in [-0.1, -0.05) is 12.5 Å². The van der Waals surface area contributed by atoms with E-state index in [-0.39, 0.29) is 11.9 Å². The predicted molar refractivity (Wildman–Crippen MR) is 131 cm³/mol. The third kappa shape index (κ3) is 4.94. The smallest absolute Gasteiger partial charge is 0.272 e. The summed E-state index contributed by atoms with van der Waals surface area (Å²) < 4.78 is 0. The molecular formula is C26H34N6O. The highest BCUT2D eigenvalue weighted by Crippen LogP contribution is 2.26. The molecule has 2 N–H and O–H groups in total. The van der Waals surface area contributed by atoms with Crippen molar-refractivity contribution in [3.8, 4) is 11.1 Å². The van der Waals surface area contributed by atoms with Crippen molar-refractivity contribution < 1.29 is 4.79 Å². The number of fused-ring (bicyclic) bond motifs is 1. The number of nitrogens with zero attached hydrogens (tertiary/aromatic N) is 4. The maximum atomic E-state index is 13.1. The highest BCUT2D eigenvalue weighted by Gasteiger charge is 2.25. The van der Waals surface area contributed by atoms with Crippen LogP contribution in [0, 0.1) is 0 Å². The third-order valence-corrected chi connectivity index (χ3v) is 7.30. The monoisotopic (exact) mass is 446 g/mol. The second kappa shape index (κ2) is 9.61. The SMILES string of the molecule is CC1CC(NC(=O)c2n[nH]c3ccc(-c4cncc(CN5CCCCC5)c4)cc23)CCN1C. The number of carbonyl (C=O) groups excluding carboxylic acids is 1. The van der Waals surface area contributed by atoms with E-state index in [2.05, 4.69) is 62.5 Å². The molecule has 2 unspecified atom stereocenters. The molecule has 4 heterocycles. The summed E-state index contributed by atoms with van der Waals surface area (Å²) in [7, 11) is 2.14. The van der Waals surface area contributed by atoms with Gasteiger partial charge in [-0.25, -0.2) is 0 Å². The highest BCUT2D eigenvalue weighted by molar-refractivity contribution is 6.05. The normalized spacial score (nSPS) is 22.5. The molecule has 3 aromatic rings. The molecule has 0 saturated carbocycles. The first-order valence-electron chi connectivity index (χ1n) is 12.2. The summed E-state index contributed by atoms with van der Waals surface area (Å²) in [5, 5.41) is 11.4. The number of amides is 1. The van der Waals surface area contributed by atoms with Gasteiger partial charge in [0.05, 0.1) is 5.52 Å². The lowest BCUT2D eigenvalue weighted by molar-refractivity contribution is 0.0893. The average molecular weight is 447 g/mol. The van der Waals surface area contributed by atoms with Crippen LogP contribution >= 0.6 is 0 Å². The lowest BCUT2D eigenvalue weighted by Crippen LogP contribution is -2.47. The first kappa shape index (κ1) is 22.0. The van der Waals surface area contributed by atoms with Crippen molar-refractivity contribution in [2.45, 2.75) is 57.7 Å². The maximum absolute atomic E-state index is 13.1. The fourth-order valence-electron chi connectivity index (χ4n) is 5.15. The molecular weight excluding hydrogens is 412 g/mol. The Balaban J connectivity index is 1.35. The van der Waals surface area contributed by atoms with Crippen molar-refractivity contribution in [3.63, 3.8) is 0 Å². The number of hydrogen-bond acceptors (Lipinski definition) is 5. The molecule has 174 valence electrons. The number of nitrogens with one attached hydrogen (secondary N) is 2. The van der Waals surface area contributed by atoms with Crippen molar-refractivity contribution in [1.29, 1.82) is 0 Å². The van der Waals surface area contributed by atoms with Gasteiger partial charge >= 0.3 is 0 Å². The van der Waals surface area contributed by atoms with Crippen LogP contribution in [-0.4, -0.2) is 69.7 Å². The predicted octanol–water partition coefficient (Wildman–Crippen LogP) is 3.82. The molecule has 0 bridgehead atoms. The van der Waals surface area contributed by atoms with Gasteiger partial charge in [0.25, 0.3) is 5.91 Å². The van der Waals surface area contributed by atoms with Crippen LogP contribution in [0.5, 0.6) is 0 Å². The van der Waals surface area contributed by atoms with Crippen LogP contribution in [0.15, 0.2) is 36.7 Å². The maximum Gasteiger partial charge on any atom is 0.272 e. The third-order valence-electron chi connectivity index (χ3n) is 7.30. The molecule has 1 aromatic carbocycles. The second-order valence-corrected chi connectivity index (χ2v) is 9.78. The Morgan fingerprint density at radius 2 is 1.97 bits per heavy atom. The number of hydrogen-bond donors (Lipinski definition) is 2. The van der Waals surface area contributed by atoms with E-state index < -0.39 is 0 Å². The van der Waals surface area contributed by atoms with Gasteiger partial charge in [-0.15, -0.1) is 0 Å². The Bertz CT molecular complexity index is 1120. The summed E-state index contributed by atoms with van der Waals surface area (Å²) in [6.45, 7) is 6.48. The number of H-pyrrole nitrogens is 1. The van der Waals surface area contributed by atoms with Crippen molar-refractivity contribution >= 4 is 16.8 Å². The van der Waals surface area contributed by atoms with Crippen molar-refractivity contribution in [2.75, 3.05) is 26.7 Å². The number of likely N-dealkylation sites (tertiary alicyclic amines) is 2. The molecule has 7 nitrogen and oxygen atoms in total. The van der Waals surface area contributed by atoms with Gasteiger partial charge in [0.2, 0.25) is 0 Å². The minimum Gasteiger partial charge on any atom is -0.348 e. The first-order valence-corrected chi connectivity index (χ1v) is 12.2. The Hall–Kier alpha value is -2.77. The zero-order valence-corrected chi connectivity index (χ0v) is 19.7. The zero-order chi connectivity index (χ0) is 22.8. The Morgan fingerprint density at radius 1 is 1.12 bits per heavy atom. The average Bonchev–Trinajstić information content (AvgIpc) is 3.26. The molecule has 7 heteroatoms. The number of aromatic amines is 1. The van der Waals surface area contributed by atoms with Crippen LogP contribution in [0.2, 0.25) is 0 Å². The van der Waals surface area contributed by atoms with Crippen LogP contribution in [0.25, 0.3) is 22.0 Å². The lowest BCUT2D eigenvalue weighted by Gasteiger charge is -2.35. The standard InChI is InChI=1S/C26H34N6O/c1-18-12-22(8-11-31(18)2)28-26(33)25-23-14-20(6-7-24(23)29-30-25)21-13-19(15-27-16-21)17-32-9-4-3-5-10-32/h6-7,13-16,18,22H,3-5,8-12,17H2,1-2H3,(H,28,33)(H,29,30). The van der Waals surface area contributed by atoms with Gasteiger partial charge in [-0.3, -0.25) is 19.8 Å². The fourth-order valence-corrected chi connectivity index (χ4v) is 5.15. The van der Waals surface area contributed by atoms with E-state index in [1.54, 1.807) is 0 Å². The van der Waals surface area contributed by atoms with Crippen LogP contribution < -0.4 is 5.32 Å². The fraction of sp³-hybridized carbons (Fsp3) is 0.500. The van der Waals surface area contributed by atoms with Gasteiger partial charge in [0, 0.05) is 48.5 Å². The number of carbonyl (C=O) groups is 1. The summed E-state index contributed by atoms with van der Waals surface area (Å²) in [4.78, 5) is 22.4. The largest absolute Gasteiger partial charge is 0.348 e. The Labute approximate surface area is 195 Å². The molecule has 2 aliphatic rings. The van der Waals surface area contributed by atoms with E-state index in [0.717, 1.165) is 48.0 Å². The van der Waals surface area contributed by atoms with Gasteiger partial charge in [-0.05, 0) is 82.1 Å². The summed E-state index contributed by atoms with van der Waals surface area (Å²) in [5.41, 5.74) is 4.70. The Kier molecular flexibility index (Phi) is 6.42. The highest BCUT2D eigenvalue weighted by atomic mass is 16.2. The quantitative estimate of drug-likeness (QED) is 0.623. The van der Waals surface area contributed by atoms with E-state index in [0.29, 0.717) is 11.7 Å². The van der Waals surface area contributed by atoms with Crippen molar-refractivity contribution in [2.24, 2.45) is 0 Å². The lowest BCUT2D eigenvalue weighted by atomic mass is 9.98. The molecule has 2 aliphatic heterocycles. The zero-order valence-electron chi connectivity index (χ0n) is 19.7. The van der Waals surface area contributed by atoms with E-state index in [1.165, 1.54) is 37.9 Å². The molecule has 2 atom stereocenters. The van der Waals surface area contributed by atoms with Gasteiger partial charge < -0.3 is 10.2 Å². The first-order chi connectivity index (χ1) is 16.1. The van der Waals surface area contributed by atoms with Crippen LogP contribution in [0.4, 0.5) is 0 Å². The van der Waals surface area contributed by atoms with Gasteiger partial charge in [-0.2, -0.15) is 5.10 Å². The number of aromatic nitrogens is 3. The number of piperidine rings is 2. The molecule has 5 rings (SSSR count). The molecule has 2 saturated heterocycles. The molecule has 2 aromatic heterocycles. The number of benzene rings is 1. The van der Waals surface area contributed by atoms with E-state index in [4.69, 9.17) is 0 Å². The Morgan fingerprint density at radius 3 is 2.79 bits per heavy atom. The topological polar surface area (TPSA) is 77.1 Å². The summed E-state index contributed by atoms with van der Waals surface area (Å²) in [6.07, 6.45) is 9.71. The molecule has 2 fully saturated rings. The summed E-state index contributed by atoms with van der Waals surface area (Å²) >= 11 is 0. The van der Waals surface area contributed by atoms with Crippen LogP contribution in [-0.2, 0) is 6.54 Å².